The minimum atomic E-state index is -4.72. The van der Waals surface area contributed by atoms with Crippen LogP contribution < -0.4 is 20.3 Å². The van der Waals surface area contributed by atoms with Gasteiger partial charge in [-0.25, -0.2) is 4.98 Å². The molecular formula is C25H31BrCl2F3N5O. The summed E-state index contributed by atoms with van der Waals surface area (Å²) in [5.74, 6) is 1.81. The highest BCUT2D eigenvalue weighted by molar-refractivity contribution is 9.10. The Bertz CT molecular complexity index is 1160. The van der Waals surface area contributed by atoms with Gasteiger partial charge in [-0.05, 0) is 62.4 Å². The summed E-state index contributed by atoms with van der Waals surface area (Å²) in [5, 5.41) is 7.84. The summed E-state index contributed by atoms with van der Waals surface area (Å²) in [6.45, 7) is 1.06. The molecule has 0 unspecified atom stereocenters. The van der Waals surface area contributed by atoms with Crippen LogP contribution in [0, 0.1) is 5.92 Å². The maximum atomic E-state index is 12.7. The SMILES string of the molecule is CN(C)c1nc(N[C@H]2CC[C@@H](CNCc3ccc(Br)cc3OC(F)(F)F)CC2)nc2ccccc12.Cl.Cl. The molecular weight excluding hydrogens is 594 g/mol. The lowest BCUT2D eigenvalue weighted by atomic mass is 9.86. The molecule has 3 aromatic rings. The normalized spacial score (nSPS) is 17.5. The number of alkyl halides is 3. The number of hydrogen-bond acceptors (Lipinski definition) is 6. The number of halogens is 6. The number of ether oxygens (including phenoxy) is 1. The zero-order valence-corrected chi connectivity index (χ0v) is 23.7. The van der Waals surface area contributed by atoms with Crippen LogP contribution in [0.4, 0.5) is 24.9 Å². The number of para-hydroxylation sites is 1. The molecule has 0 spiro atoms. The third-order valence-corrected chi connectivity index (χ3v) is 6.68. The number of nitrogens with one attached hydrogen (secondary N) is 2. The van der Waals surface area contributed by atoms with Crippen LogP contribution in [0.5, 0.6) is 5.75 Å². The van der Waals surface area contributed by atoms with Crippen molar-refractivity contribution in [2.24, 2.45) is 5.92 Å². The van der Waals surface area contributed by atoms with E-state index in [1.165, 1.54) is 6.07 Å². The van der Waals surface area contributed by atoms with Crippen LogP contribution >= 0.6 is 40.7 Å². The maximum Gasteiger partial charge on any atom is 0.573 e. The summed E-state index contributed by atoms with van der Waals surface area (Å²) in [7, 11) is 3.95. The van der Waals surface area contributed by atoms with Crippen LogP contribution in [-0.2, 0) is 6.54 Å². The van der Waals surface area contributed by atoms with Crippen LogP contribution in [0.15, 0.2) is 46.9 Å². The van der Waals surface area contributed by atoms with Gasteiger partial charge in [0.2, 0.25) is 5.95 Å². The first-order valence-electron chi connectivity index (χ1n) is 11.6. The van der Waals surface area contributed by atoms with E-state index in [4.69, 9.17) is 9.97 Å². The Morgan fingerprint density at radius 3 is 2.41 bits per heavy atom. The van der Waals surface area contributed by atoms with Crippen molar-refractivity contribution in [3.8, 4) is 5.75 Å². The summed E-state index contributed by atoms with van der Waals surface area (Å²) < 4.78 is 42.9. The standard InChI is InChI=1S/C25H29BrF3N5O.2ClH/c1-34(2)23-20-5-3-4-6-21(20)32-24(33-23)31-19-11-7-16(8-12-19)14-30-15-17-9-10-18(26)13-22(17)35-25(27,28)29;;/h3-6,9-10,13,16,19,30H,7-8,11-12,14-15H2,1-2H3,(H,31,32,33);2*1H/t16-,19+;;. The van der Waals surface area contributed by atoms with E-state index in [1.807, 2.05) is 43.3 Å². The average molecular weight is 625 g/mol. The minimum absolute atomic E-state index is 0. The van der Waals surface area contributed by atoms with Crippen molar-refractivity contribution in [3.05, 3.63) is 52.5 Å². The second-order valence-electron chi connectivity index (χ2n) is 9.08. The molecule has 2 aromatic carbocycles. The van der Waals surface area contributed by atoms with Crippen molar-refractivity contribution in [2.45, 2.75) is 44.6 Å². The predicted molar refractivity (Wildman–Crippen MR) is 150 cm³/mol. The number of aromatic nitrogens is 2. The Hall–Kier alpha value is -2.01. The largest absolute Gasteiger partial charge is 0.573 e. The number of hydrogen-bond donors (Lipinski definition) is 2. The van der Waals surface area contributed by atoms with Gasteiger partial charge >= 0.3 is 6.36 Å². The fourth-order valence-electron chi connectivity index (χ4n) is 4.46. The first-order valence-corrected chi connectivity index (χ1v) is 12.4. The molecule has 1 aliphatic rings. The van der Waals surface area contributed by atoms with Crippen LogP contribution in [-0.4, -0.2) is 43.0 Å². The number of benzene rings is 2. The molecule has 0 aliphatic heterocycles. The summed E-state index contributed by atoms with van der Waals surface area (Å²) in [5.41, 5.74) is 1.39. The average Bonchev–Trinajstić information content (AvgIpc) is 2.80. The van der Waals surface area contributed by atoms with Gasteiger partial charge in [-0.15, -0.1) is 38.0 Å². The Kier molecular flexibility index (Phi) is 11.5. The van der Waals surface area contributed by atoms with E-state index in [1.54, 1.807) is 12.1 Å². The summed E-state index contributed by atoms with van der Waals surface area (Å²) in [4.78, 5) is 11.4. The Balaban J connectivity index is 0.00000241. The fourth-order valence-corrected chi connectivity index (χ4v) is 4.80. The first kappa shape index (κ1) is 31.2. The highest BCUT2D eigenvalue weighted by Gasteiger charge is 2.32. The Labute approximate surface area is 235 Å². The van der Waals surface area contributed by atoms with Gasteiger partial charge in [0.1, 0.15) is 11.6 Å². The molecule has 1 aliphatic carbocycles. The van der Waals surface area contributed by atoms with Crippen molar-refractivity contribution in [2.75, 3.05) is 30.9 Å². The molecule has 0 radical (unpaired) electrons. The van der Waals surface area contributed by atoms with Gasteiger partial charge in [-0.2, -0.15) is 4.98 Å². The first-order chi connectivity index (χ1) is 16.7. The van der Waals surface area contributed by atoms with Gasteiger partial charge in [-0.1, -0.05) is 34.1 Å². The van der Waals surface area contributed by atoms with E-state index in [9.17, 15) is 13.2 Å². The molecule has 12 heteroatoms. The number of rotatable bonds is 8. The second-order valence-corrected chi connectivity index (χ2v) is 9.99. The predicted octanol–water partition coefficient (Wildman–Crippen LogP) is 6.96. The molecule has 204 valence electrons. The monoisotopic (exact) mass is 623 g/mol. The van der Waals surface area contributed by atoms with Crippen molar-refractivity contribution in [1.82, 2.24) is 15.3 Å². The van der Waals surface area contributed by atoms with E-state index < -0.39 is 6.36 Å². The van der Waals surface area contributed by atoms with E-state index in [0.29, 0.717) is 34.5 Å². The van der Waals surface area contributed by atoms with Gasteiger partial charge in [0.15, 0.2) is 0 Å². The van der Waals surface area contributed by atoms with Crippen molar-refractivity contribution in [1.29, 1.82) is 0 Å². The van der Waals surface area contributed by atoms with Crippen LogP contribution in [0.25, 0.3) is 10.9 Å². The fraction of sp³-hybridized carbons (Fsp3) is 0.440. The van der Waals surface area contributed by atoms with E-state index in [0.717, 1.165) is 48.9 Å². The third-order valence-electron chi connectivity index (χ3n) is 6.19. The van der Waals surface area contributed by atoms with Gasteiger partial charge in [0, 0.05) is 42.1 Å². The molecule has 0 bridgehead atoms. The molecule has 6 nitrogen and oxygen atoms in total. The van der Waals surface area contributed by atoms with E-state index in [-0.39, 0.29) is 30.6 Å². The molecule has 1 heterocycles. The number of anilines is 2. The van der Waals surface area contributed by atoms with Gasteiger partial charge < -0.3 is 20.3 Å². The van der Waals surface area contributed by atoms with E-state index >= 15 is 0 Å². The smallest absolute Gasteiger partial charge is 0.405 e. The highest BCUT2D eigenvalue weighted by atomic mass is 79.9. The molecule has 37 heavy (non-hydrogen) atoms. The summed E-state index contributed by atoms with van der Waals surface area (Å²) in [6.07, 6.45) is -0.708. The Morgan fingerprint density at radius 2 is 1.73 bits per heavy atom. The van der Waals surface area contributed by atoms with Gasteiger partial charge in [0.05, 0.1) is 5.52 Å². The molecule has 1 aromatic heterocycles. The summed E-state index contributed by atoms with van der Waals surface area (Å²) >= 11 is 3.20. The van der Waals surface area contributed by atoms with Crippen LogP contribution in [0.2, 0.25) is 0 Å². The van der Waals surface area contributed by atoms with Crippen molar-refractivity contribution >= 4 is 63.4 Å². The molecule has 0 saturated heterocycles. The molecule has 0 amide bonds. The second kappa shape index (κ2) is 13.7. The van der Waals surface area contributed by atoms with Gasteiger partial charge in [0.25, 0.3) is 0 Å². The highest BCUT2D eigenvalue weighted by Crippen LogP contribution is 2.31. The van der Waals surface area contributed by atoms with Gasteiger partial charge in [-0.3, -0.25) is 0 Å². The zero-order valence-electron chi connectivity index (χ0n) is 20.5. The lowest BCUT2D eigenvalue weighted by Gasteiger charge is -2.29. The molecule has 2 N–H and O–H groups in total. The Morgan fingerprint density at radius 1 is 1.03 bits per heavy atom. The van der Waals surface area contributed by atoms with Crippen molar-refractivity contribution < 1.29 is 17.9 Å². The van der Waals surface area contributed by atoms with Crippen molar-refractivity contribution in [3.63, 3.8) is 0 Å². The molecule has 1 fully saturated rings. The quantitative estimate of drug-likeness (QED) is 0.283. The third kappa shape index (κ3) is 8.77. The van der Waals surface area contributed by atoms with E-state index in [2.05, 4.69) is 31.3 Å². The van der Waals surface area contributed by atoms with Crippen LogP contribution in [0.3, 0.4) is 0 Å². The lowest BCUT2D eigenvalue weighted by molar-refractivity contribution is -0.274. The molecule has 0 atom stereocenters. The topological polar surface area (TPSA) is 62.3 Å². The summed E-state index contributed by atoms with van der Waals surface area (Å²) in [6, 6.07) is 13.0. The number of fused-ring (bicyclic) bond motifs is 1. The van der Waals surface area contributed by atoms with Crippen LogP contribution in [0.1, 0.15) is 31.2 Å². The minimum Gasteiger partial charge on any atom is -0.405 e. The maximum absolute atomic E-state index is 12.7. The number of nitrogens with zero attached hydrogens (tertiary/aromatic N) is 3. The zero-order chi connectivity index (χ0) is 25.0. The molecule has 1 saturated carbocycles. The lowest BCUT2D eigenvalue weighted by Crippen LogP contribution is -2.32. The molecule has 4 rings (SSSR count).